The SMILES string of the molecule is CN1CCN(C(=O)[C@H](COCCNC2C[C@H]2c2ccc(F)cc2)NC(=O)c2ccccc2)CC1. The molecule has 2 amide bonds. The molecule has 1 saturated carbocycles. The van der Waals surface area contributed by atoms with Gasteiger partial charge in [-0.1, -0.05) is 30.3 Å². The molecule has 0 radical (unpaired) electrons. The van der Waals surface area contributed by atoms with Crippen LogP contribution in [-0.4, -0.2) is 86.7 Å². The van der Waals surface area contributed by atoms with Crippen molar-refractivity contribution in [2.75, 3.05) is 53.0 Å². The summed E-state index contributed by atoms with van der Waals surface area (Å²) >= 11 is 0. The molecule has 4 rings (SSSR count). The van der Waals surface area contributed by atoms with Crippen LogP contribution < -0.4 is 10.6 Å². The van der Waals surface area contributed by atoms with Gasteiger partial charge in [0.05, 0.1) is 13.2 Å². The summed E-state index contributed by atoms with van der Waals surface area (Å²) in [6.07, 6.45) is 1.02. The normalized spacial score (nSPS) is 21.2. The smallest absolute Gasteiger partial charge is 0.251 e. The Labute approximate surface area is 200 Å². The van der Waals surface area contributed by atoms with E-state index >= 15 is 0 Å². The molecule has 7 nitrogen and oxygen atoms in total. The lowest BCUT2D eigenvalue weighted by Crippen LogP contribution is -2.55. The van der Waals surface area contributed by atoms with Gasteiger partial charge in [-0.15, -0.1) is 0 Å². The second kappa shape index (κ2) is 11.6. The lowest BCUT2D eigenvalue weighted by molar-refractivity contribution is -0.136. The number of nitrogens with zero attached hydrogens (tertiary/aromatic N) is 2. The highest BCUT2D eigenvalue weighted by Gasteiger charge is 2.37. The summed E-state index contributed by atoms with van der Waals surface area (Å²) in [7, 11) is 2.03. The maximum absolute atomic E-state index is 13.1. The van der Waals surface area contributed by atoms with Crippen molar-refractivity contribution in [3.63, 3.8) is 0 Å². The second-order valence-electron chi connectivity index (χ2n) is 9.05. The van der Waals surface area contributed by atoms with Crippen LogP contribution in [0, 0.1) is 5.82 Å². The Balaban J connectivity index is 1.25. The van der Waals surface area contributed by atoms with E-state index in [2.05, 4.69) is 15.5 Å². The molecule has 0 aromatic heterocycles. The Morgan fingerprint density at radius 1 is 1.06 bits per heavy atom. The van der Waals surface area contributed by atoms with Crippen LogP contribution in [-0.2, 0) is 9.53 Å². The van der Waals surface area contributed by atoms with E-state index in [9.17, 15) is 14.0 Å². The van der Waals surface area contributed by atoms with E-state index in [1.807, 2.05) is 25.2 Å². The highest BCUT2D eigenvalue weighted by atomic mass is 19.1. The molecule has 2 N–H and O–H groups in total. The van der Waals surface area contributed by atoms with Crippen molar-refractivity contribution in [1.82, 2.24) is 20.4 Å². The number of carbonyl (C=O) groups excluding carboxylic acids is 2. The molecular weight excluding hydrogens is 435 g/mol. The van der Waals surface area contributed by atoms with Gasteiger partial charge in [0.15, 0.2) is 0 Å². The average molecular weight is 469 g/mol. The molecule has 2 aromatic rings. The minimum atomic E-state index is -0.732. The number of hydrogen-bond donors (Lipinski definition) is 2. The summed E-state index contributed by atoms with van der Waals surface area (Å²) in [5.74, 6) is -0.210. The first-order valence-electron chi connectivity index (χ1n) is 11.9. The molecule has 2 aromatic carbocycles. The summed E-state index contributed by atoms with van der Waals surface area (Å²) in [5, 5.41) is 6.32. The van der Waals surface area contributed by atoms with Crippen molar-refractivity contribution in [3.05, 3.63) is 71.5 Å². The highest BCUT2D eigenvalue weighted by Crippen LogP contribution is 2.40. The van der Waals surface area contributed by atoms with Gasteiger partial charge in [0.2, 0.25) is 5.91 Å². The Kier molecular flexibility index (Phi) is 8.26. The zero-order valence-corrected chi connectivity index (χ0v) is 19.6. The summed E-state index contributed by atoms with van der Waals surface area (Å²) in [5.41, 5.74) is 1.65. The maximum atomic E-state index is 13.1. The van der Waals surface area contributed by atoms with E-state index in [1.165, 1.54) is 12.1 Å². The minimum absolute atomic E-state index is 0.107. The molecular formula is C26H33FN4O3. The van der Waals surface area contributed by atoms with Crippen molar-refractivity contribution < 1.29 is 18.7 Å². The van der Waals surface area contributed by atoms with Crippen LogP contribution in [0.5, 0.6) is 0 Å². The fourth-order valence-electron chi connectivity index (χ4n) is 4.27. The number of halogens is 1. The van der Waals surface area contributed by atoms with E-state index in [0.29, 0.717) is 43.8 Å². The minimum Gasteiger partial charge on any atom is -0.377 e. The number of piperazine rings is 1. The Bertz CT molecular complexity index is 948. The molecule has 34 heavy (non-hydrogen) atoms. The molecule has 1 aliphatic heterocycles. The molecule has 1 heterocycles. The number of carbonyl (C=O) groups is 2. The van der Waals surface area contributed by atoms with Crippen LogP contribution in [0.25, 0.3) is 0 Å². The lowest BCUT2D eigenvalue weighted by Gasteiger charge is -2.34. The third kappa shape index (κ3) is 6.62. The second-order valence-corrected chi connectivity index (χ2v) is 9.05. The van der Waals surface area contributed by atoms with Crippen molar-refractivity contribution >= 4 is 11.8 Å². The van der Waals surface area contributed by atoms with Gasteiger partial charge in [-0.3, -0.25) is 9.59 Å². The van der Waals surface area contributed by atoms with Gasteiger partial charge < -0.3 is 25.2 Å². The Morgan fingerprint density at radius 3 is 2.47 bits per heavy atom. The van der Waals surface area contributed by atoms with Crippen LogP contribution in [0.15, 0.2) is 54.6 Å². The molecule has 2 aliphatic rings. The number of ether oxygens (including phenoxy) is 1. The third-order valence-electron chi connectivity index (χ3n) is 6.48. The van der Waals surface area contributed by atoms with Crippen LogP contribution in [0.3, 0.4) is 0 Å². The highest BCUT2D eigenvalue weighted by molar-refractivity contribution is 5.97. The van der Waals surface area contributed by atoms with Gasteiger partial charge in [0.25, 0.3) is 5.91 Å². The summed E-state index contributed by atoms with van der Waals surface area (Å²) in [6.45, 7) is 4.10. The van der Waals surface area contributed by atoms with Gasteiger partial charge in [-0.2, -0.15) is 0 Å². The predicted octanol–water partition coefficient (Wildman–Crippen LogP) is 1.86. The third-order valence-corrected chi connectivity index (χ3v) is 6.48. The van der Waals surface area contributed by atoms with E-state index in [0.717, 1.165) is 25.1 Å². The van der Waals surface area contributed by atoms with E-state index in [4.69, 9.17) is 4.74 Å². The van der Waals surface area contributed by atoms with Crippen LogP contribution in [0.2, 0.25) is 0 Å². The topological polar surface area (TPSA) is 73.9 Å². The van der Waals surface area contributed by atoms with Gasteiger partial charge in [0, 0.05) is 50.2 Å². The average Bonchev–Trinajstić information content (AvgIpc) is 3.63. The number of nitrogens with one attached hydrogen (secondary N) is 2. The molecule has 1 unspecified atom stereocenters. The van der Waals surface area contributed by atoms with Crippen LogP contribution >= 0.6 is 0 Å². The van der Waals surface area contributed by atoms with Gasteiger partial charge in [0.1, 0.15) is 11.9 Å². The van der Waals surface area contributed by atoms with Crippen molar-refractivity contribution in [3.8, 4) is 0 Å². The molecule has 0 bridgehead atoms. The van der Waals surface area contributed by atoms with Crippen LogP contribution in [0.4, 0.5) is 4.39 Å². The summed E-state index contributed by atoms with van der Waals surface area (Å²) in [6, 6.07) is 15.2. The Hall–Kier alpha value is -2.81. The first kappa shape index (κ1) is 24.3. The first-order chi connectivity index (χ1) is 16.5. The standard InChI is InChI=1S/C26H33FN4O3/c1-30-12-14-31(15-13-30)26(33)24(29-25(32)20-5-3-2-4-6-20)18-34-16-11-28-23-17-22(23)19-7-9-21(27)10-8-19/h2-10,22-24,28H,11-18H2,1H3,(H,29,32)/t22-,23?,24-/m0/s1. The molecule has 0 spiro atoms. The van der Waals surface area contributed by atoms with Crippen LogP contribution in [0.1, 0.15) is 28.3 Å². The maximum Gasteiger partial charge on any atom is 0.251 e. The van der Waals surface area contributed by atoms with Gasteiger partial charge in [-0.05, 0) is 43.3 Å². The van der Waals surface area contributed by atoms with Crippen molar-refractivity contribution in [1.29, 1.82) is 0 Å². The van der Waals surface area contributed by atoms with Crippen molar-refractivity contribution in [2.45, 2.75) is 24.4 Å². The molecule has 1 aliphatic carbocycles. The number of benzene rings is 2. The van der Waals surface area contributed by atoms with E-state index < -0.39 is 6.04 Å². The zero-order chi connectivity index (χ0) is 23.9. The van der Waals surface area contributed by atoms with E-state index in [-0.39, 0.29) is 24.2 Å². The summed E-state index contributed by atoms with van der Waals surface area (Å²) < 4.78 is 18.9. The lowest BCUT2D eigenvalue weighted by atomic mass is 10.1. The number of amides is 2. The number of rotatable bonds is 10. The largest absolute Gasteiger partial charge is 0.377 e. The quantitative estimate of drug-likeness (QED) is 0.521. The monoisotopic (exact) mass is 468 g/mol. The summed E-state index contributed by atoms with van der Waals surface area (Å²) in [4.78, 5) is 29.8. The first-order valence-corrected chi connectivity index (χ1v) is 11.9. The predicted molar refractivity (Wildman–Crippen MR) is 128 cm³/mol. The molecule has 182 valence electrons. The number of likely N-dealkylation sites (N-methyl/N-ethyl adjacent to an activating group) is 1. The molecule has 3 atom stereocenters. The van der Waals surface area contributed by atoms with Gasteiger partial charge >= 0.3 is 0 Å². The fraction of sp³-hybridized carbons (Fsp3) is 0.462. The Morgan fingerprint density at radius 2 is 1.76 bits per heavy atom. The van der Waals surface area contributed by atoms with E-state index in [1.54, 1.807) is 29.2 Å². The molecule has 8 heteroatoms. The molecule has 2 fully saturated rings. The zero-order valence-electron chi connectivity index (χ0n) is 19.6. The number of hydrogen-bond acceptors (Lipinski definition) is 5. The fourth-order valence-corrected chi connectivity index (χ4v) is 4.27. The molecule has 1 saturated heterocycles. The van der Waals surface area contributed by atoms with Crippen molar-refractivity contribution in [2.24, 2.45) is 0 Å². The van der Waals surface area contributed by atoms with Gasteiger partial charge in [-0.25, -0.2) is 4.39 Å².